The van der Waals surface area contributed by atoms with Gasteiger partial charge in [-0.15, -0.1) is 0 Å². The highest BCUT2D eigenvalue weighted by molar-refractivity contribution is 6.21. The van der Waals surface area contributed by atoms with Crippen molar-refractivity contribution >= 4 is 32.9 Å². The van der Waals surface area contributed by atoms with Gasteiger partial charge in [-0.3, -0.25) is 0 Å². The van der Waals surface area contributed by atoms with Crippen molar-refractivity contribution in [3.8, 4) is 33.4 Å². The Labute approximate surface area is 297 Å². The summed E-state index contributed by atoms with van der Waals surface area (Å²) >= 11 is 0. The molecule has 0 heterocycles. The van der Waals surface area contributed by atoms with Crippen molar-refractivity contribution in [2.75, 3.05) is 4.90 Å². The molecule has 0 saturated carbocycles. The number of fused-ring (bicyclic) bond motifs is 2. The van der Waals surface area contributed by atoms with E-state index in [0.29, 0.717) is 0 Å². The summed E-state index contributed by atoms with van der Waals surface area (Å²) in [6, 6.07) is 66.2. The molecule has 1 unspecified atom stereocenters. The number of rotatable bonds is 7. The summed E-state index contributed by atoms with van der Waals surface area (Å²) in [4.78, 5) is 2.45. The molecule has 8 aromatic carbocycles. The number of para-hydroxylation sites is 2. The Bertz CT molecular complexity index is 2340. The van der Waals surface area contributed by atoms with Crippen molar-refractivity contribution < 1.29 is 0 Å². The Balaban J connectivity index is 0.00000193. The van der Waals surface area contributed by atoms with E-state index in [1.54, 1.807) is 0 Å². The summed E-state index contributed by atoms with van der Waals surface area (Å²) in [7, 11) is 0. The van der Waals surface area contributed by atoms with E-state index in [1.807, 2.05) is 13.8 Å². The van der Waals surface area contributed by atoms with Crippen molar-refractivity contribution in [1.29, 1.82) is 0 Å². The summed E-state index contributed by atoms with van der Waals surface area (Å²) in [6.45, 7) is 8.49. The number of anilines is 2. The lowest BCUT2D eigenvalue weighted by Gasteiger charge is -2.33. The molecule has 0 aliphatic rings. The van der Waals surface area contributed by atoms with E-state index in [4.69, 9.17) is 0 Å². The van der Waals surface area contributed by atoms with Crippen LogP contribution in [-0.4, -0.2) is 0 Å². The first-order chi connectivity index (χ1) is 24.7. The van der Waals surface area contributed by atoms with E-state index in [9.17, 15) is 0 Å². The molecule has 0 aromatic heterocycles. The molecule has 8 rings (SSSR count). The standard InChI is InChI=1S/C47H37N.C2H6/c1-33-16-12-15-25-45(33)48(40-21-10-5-11-22-40)34(2)35-26-28-36(29-27-35)39-30-31-43-44(32-39)47(38-19-8-4-9-20-38)42-24-14-13-23-41(42)46(43)37-17-6-3-7-18-37;1-2/h3-32,34H,1-2H3;1-2H3. The molecule has 1 atom stereocenters. The van der Waals surface area contributed by atoms with E-state index in [2.05, 4.69) is 201 Å². The maximum Gasteiger partial charge on any atom is 0.0563 e. The Morgan fingerprint density at radius 1 is 0.400 bits per heavy atom. The second kappa shape index (κ2) is 14.7. The van der Waals surface area contributed by atoms with Crippen LogP contribution in [0.2, 0.25) is 0 Å². The Morgan fingerprint density at radius 3 is 1.44 bits per heavy atom. The third-order valence-electron chi connectivity index (χ3n) is 9.67. The van der Waals surface area contributed by atoms with Crippen LogP contribution in [0.1, 0.15) is 37.9 Å². The van der Waals surface area contributed by atoms with Crippen LogP contribution in [0.5, 0.6) is 0 Å². The normalized spacial score (nSPS) is 11.5. The van der Waals surface area contributed by atoms with Gasteiger partial charge in [-0.1, -0.05) is 172 Å². The molecule has 0 radical (unpaired) electrons. The minimum absolute atomic E-state index is 0.142. The fourth-order valence-corrected chi connectivity index (χ4v) is 7.29. The fourth-order valence-electron chi connectivity index (χ4n) is 7.29. The number of aryl methyl sites for hydroxylation is 1. The minimum Gasteiger partial charge on any atom is -0.334 e. The number of benzene rings is 8. The second-order valence-electron chi connectivity index (χ2n) is 12.6. The van der Waals surface area contributed by atoms with Crippen LogP contribution in [-0.2, 0) is 0 Å². The van der Waals surface area contributed by atoms with Crippen LogP contribution in [0.15, 0.2) is 182 Å². The first kappa shape index (κ1) is 32.6. The van der Waals surface area contributed by atoms with Crippen molar-refractivity contribution in [2.24, 2.45) is 0 Å². The monoisotopic (exact) mass is 645 g/mol. The van der Waals surface area contributed by atoms with Gasteiger partial charge in [0.05, 0.1) is 6.04 Å². The van der Waals surface area contributed by atoms with Gasteiger partial charge in [-0.25, -0.2) is 0 Å². The van der Waals surface area contributed by atoms with E-state index in [-0.39, 0.29) is 6.04 Å². The van der Waals surface area contributed by atoms with Gasteiger partial charge < -0.3 is 4.90 Å². The maximum atomic E-state index is 2.45. The molecular weight excluding hydrogens is 603 g/mol. The van der Waals surface area contributed by atoms with Gasteiger partial charge in [0.15, 0.2) is 0 Å². The van der Waals surface area contributed by atoms with Crippen LogP contribution in [0.3, 0.4) is 0 Å². The summed E-state index contributed by atoms with van der Waals surface area (Å²) in [6.07, 6.45) is 0. The quantitative estimate of drug-likeness (QED) is 0.156. The van der Waals surface area contributed by atoms with Gasteiger partial charge in [0.25, 0.3) is 0 Å². The zero-order valence-electron chi connectivity index (χ0n) is 29.3. The molecule has 50 heavy (non-hydrogen) atoms. The van der Waals surface area contributed by atoms with E-state index < -0.39 is 0 Å². The molecule has 0 saturated heterocycles. The number of hydrogen-bond donors (Lipinski definition) is 0. The van der Waals surface area contributed by atoms with Crippen LogP contribution < -0.4 is 4.90 Å². The molecule has 0 bridgehead atoms. The van der Waals surface area contributed by atoms with Gasteiger partial charge in [-0.2, -0.15) is 0 Å². The van der Waals surface area contributed by atoms with Crippen LogP contribution in [0.25, 0.3) is 54.9 Å². The van der Waals surface area contributed by atoms with E-state index >= 15 is 0 Å². The smallest absolute Gasteiger partial charge is 0.0563 e. The average molecular weight is 646 g/mol. The summed E-state index contributed by atoms with van der Waals surface area (Å²) in [5, 5.41) is 5.08. The van der Waals surface area contributed by atoms with Gasteiger partial charge >= 0.3 is 0 Å². The molecule has 0 N–H and O–H groups in total. The maximum absolute atomic E-state index is 2.45. The first-order valence-corrected chi connectivity index (χ1v) is 17.8. The van der Waals surface area contributed by atoms with E-state index in [0.717, 1.165) is 0 Å². The van der Waals surface area contributed by atoms with Crippen molar-refractivity contribution in [1.82, 2.24) is 0 Å². The molecule has 1 nitrogen and oxygen atoms in total. The molecule has 0 amide bonds. The van der Waals surface area contributed by atoms with Crippen LogP contribution in [0, 0.1) is 6.92 Å². The van der Waals surface area contributed by atoms with Crippen LogP contribution >= 0.6 is 0 Å². The van der Waals surface area contributed by atoms with Gasteiger partial charge in [-0.05, 0) is 104 Å². The zero-order chi connectivity index (χ0) is 34.5. The SMILES string of the molecule is CC.Cc1ccccc1N(c1ccccc1)C(C)c1ccc(-c2ccc3c(-c4ccccc4)c4ccccc4c(-c4ccccc4)c3c2)cc1. The topological polar surface area (TPSA) is 3.24 Å². The minimum atomic E-state index is 0.142. The number of nitrogens with zero attached hydrogens (tertiary/aromatic N) is 1. The largest absolute Gasteiger partial charge is 0.334 e. The van der Waals surface area contributed by atoms with Crippen LogP contribution in [0.4, 0.5) is 11.4 Å². The molecule has 0 aliphatic heterocycles. The molecule has 0 spiro atoms. The van der Waals surface area contributed by atoms with E-state index in [1.165, 1.54) is 77.4 Å². The summed E-state index contributed by atoms with van der Waals surface area (Å²) < 4.78 is 0. The third-order valence-corrected chi connectivity index (χ3v) is 9.67. The lowest BCUT2D eigenvalue weighted by atomic mass is 9.85. The van der Waals surface area contributed by atoms with Crippen molar-refractivity contribution in [3.63, 3.8) is 0 Å². The molecular formula is C49H43N. The van der Waals surface area contributed by atoms with Gasteiger partial charge in [0.2, 0.25) is 0 Å². The Hall–Kier alpha value is -5.92. The number of hydrogen-bond acceptors (Lipinski definition) is 1. The molecule has 1 heteroatoms. The highest BCUT2D eigenvalue weighted by Gasteiger charge is 2.21. The zero-order valence-corrected chi connectivity index (χ0v) is 29.3. The fraction of sp³-hybridized carbons (Fsp3) is 0.102. The predicted octanol–water partition coefficient (Wildman–Crippen LogP) is 14.2. The van der Waals surface area contributed by atoms with Gasteiger partial charge in [0, 0.05) is 11.4 Å². The Morgan fingerprint density at radius 2 is 0.860 bits per heavy atom. The predicted molar refractivity (Wildman–Crippen MR) is 217 cm³/mol. The second-order valence-corrected chi connectivity index (χ2v) is 12.6. The highest BCUT2D eigenvalue weighted by atomic mass is 15.2. The molecule has 0 aliphatic carbocycles. The molecule has 244 valence electrons. The van der Waals surface area contributed by atoms with Gasteiger partial charge in [0.1, 0.15) is 0 Å². The lowest BCUT2D eigenvalue weighted by Crippen LogP contribution is -2.22. The van der Waals surface area contributed by atoms with Crippen molar-refractivity contribution in [3.05, 3.63) is 193 Å². The third kappa shape index (κ3) is 6.19. The lowest BCUT2D eigenvalue weighted by molar-refractivity contribution is 0.771. The first-order valence-electron chi connectivity index (χ1n) is 17.8. The Kier molecular flexibility index (Phi) is 9.58. The summed E-state index contributed by atoms with van der Waals surface area (Å²) in [5.74, 6) is 0. The molecule has 0 fully saturated rings. The van der Waals surface area contributed by atoms with Crippen molar-refractivity contribution in [2.45, 2.75) is 33.7 Å². The highest BCUT2D eigenvalue weighted by Crippen LogP contribution is 2.45. The average Bonchev–Trinajstić information content (AvgIpc) is 3.19. The molecule has 8 aromatic rings. The summed E-state index contributed by atoms with van der Waals surface area (Å²) in [5.41, 5.74) is 12.4.